The lowest BCUT2D eigenvalue weighted by molar-refractivity contribution is -0.134. The van der Waals surface area contributed by atoms with Crippen molar-refractivity contribution >= 4 is 5.97 Å². The van der Waals surface area contributed by atoms with Gasteiger partial charge < -0.3 is 18.9 Å². The lowest BCUT2D eigenvalue weighted by Gasteiger charge is -2.12. The third-order valence-electron chi connectivity index (χ3n) is 3.60. The predicted molar refractivity (Wildman–Crippen MR) is 94.0 cm³/mol. The van der Waals surface area contributed by atoms with Crippen molar-refractivity contribution in [2.24, 2.45) is 0 Å². The zero-order chi connectivity index (χ0) is 17.6. The summed E-state index contributed by atoms with van der Waals surface area (Å²) in [7, 11) is 3.21. The molecule has 0 spiro atoms. The van der Waals surface area contributed by atoms with E-state index in [2.05, 4.69) is 6.92 Å². The molecule has 0 N–H and O–H groups in total. The summed E-state index contributed by atoms with van der Waals surface area (Å²) < 4.78 is 21.3. The van der Waals surface area contributed by atoms with Gasteiger partial charge in [0.2, 0.25) is 0 Å². The zero-order valence-electron chi connectivity index (χ0n) is 15.1. The topological polar surface area (TPSA) is 54.0 Å². The molecule has 0 amide bonds. The van der Waals surface area contributed by atoms with Gasteiger partial charge in [-0.15, -0.1) is 0 Å². The molecule has 0 saturated heterocycles. The molecule has 0 bridgehead atoms. The Morgan fingerprint density at radius 3 is 2.46 bits per heavy atom. The minimum absolute atomic E-state index is 0.224. The highest BCUT2D eigenvalue weighted by Gasteiger charge is 2.11. The van der Waals surface area contributed by atoms with E-state index in [1.807, 2.05) is 0 Å². The summed E-state index contributed by atoms with van der Waals surface area (Å²) in [5.74, 6) is 1.39. The molecule has 0 aliphatic heterocycles. The average Bonchev–Trinajstić information content (AvgIpc) is 2.59. The highest BCUT2D eigenvalue weighted by Crippen LogP contribution is 2.31. The van der Waals surface area contributed by atoms with E-state index in [0.29, 0.717) is 36.9 Å². The molecule has 5 nitrogen and oxygen atoms in total. The van der Waals surface area contributed by atoms with E-state index in [4.69, 9.17) is 18.9 Å². The van der Waals surface area contributed by atoms with Gasteiger partial charge in [-0.2, -0.15) is 0 Å². The molecule has 1 rings (SSSR count). The number of carbonyl (C=O) groups excluding carboxylic acids is 1. The molecule has 0 unspecified atom stereocenters. The summed E-state index contributed by atoms with van der Waals surface area (Å²) in [6.45, 7) is 3.39. The first-order valence-corrected chi connectivity index (χ1v) is 8.71. The van der Waals surface area contributed by atoms with Gasteiger partial charge in [-0.05, 0) is 18.6 Å². The standard InChI is InChI=1S/C19H30O5/c1-4-5-6-7-8-10-19(20)24-17-12-11-16(15-18(17)22-3)23-14-9-13-21-2/h11-12,15H,4-10,13-14H2,1-3H3. The first-order chi connectivity index (χ1) is 11.7. The van der Waals surface area contributed by atoms with Crippen LogP contribution in [0.1, 0.15) is 51.9 Å². The van der Waals surface area contributed by atoms with Gasteiger partial charge in [0.1, 0.15) is 5.75 Å². The third-order valence-corrected chi connectivity index (χ3v) is 3.60. The van der Waals surface area contributed by atoms with Crippen LogP contribution < -0.4 is 14.2 Å². The van der Waals surface area contributed by atoms with Crippen LogP contribution in [-0.2, 0) is 9.53 Å². The lowest BCUT2D eigenvalue weighted by atomic mass is 10.1. The summed E-state index contributed by atoms with van der Waals surface area (Å²) in [4.78, 5) is 11.9. The number of unbranched alkanes of at least 4 members (excludes halogenated alkanes) is 4. The summed E-state index contributed by atoms with van der Waals surface area (Å²) in [6, 6.07) is 5.22. The van der Waals surface area contributed by atoms with Gasteiger partial charge in [-0.3, -0.25) is 4.79 Å². The molecule has 0 aliphatic rings. The van der Waals surface area contributed by atoms with Gasteiger partial charge in [0.15, 0.2) is 11.5 Å². The van der Waals surface area contributed by atoms with Crippen molar-refractivity contribution < 1.29 is 23.7 Å². The van der Waals surface area contributed by atoms with E-state index in [1.54, 1.807) is 32.4 Å². The van der Waals surface area contributed by atoms with Crippen molar-refractivity contribution in [1.29, 1.82) is 0 Å². The molecule has 0 heterocycles. The second-order valence-corrected chi connectivity index (χ2v) is 5.65. The zero-order valence-corrected chi connectivity index (χ0v) is 15.1. The summed E-state index contributed by atoms with van der Waals surface area (Å²) in [5, 5.41) is 0. The quantitative estimate of drug-likeness (QED) is 0.303. The van der Waals surface area contributed by atoms with Crippen molar-refractivity contribution in [1.82, 2.24) is 0 Å². The second-order valence-electron chi connectivity index (χ2n) is 5.65. The van der Waals surface area contributed by atoms with E-state index in [9.17, 15) is 4.79 Å². The van der Waals surface area contributed by atoms with E-state index in [0.717, 1.165) is 19.3 Å². The fourth-order valence-electron chi connectivity index (χ4n) is 2.26. The number of hydrogen-bond donors (Lipinski definition) is 0. The van der Waals surface area contributed by atoms with E-state index >= 15 is 0 Å². The molecule has 0 aromatic heterocycles. The highest BCUT2D eigenvalue weighted by molar-refractivity contribution is 5.73. The lowest BCUT2D eigenvalue weighted by Crippen LogP contribution is -2.08. The van der Waals surface area contributed by atoms with E-state index in [-0.39, 0.29) is 5.97 Å². The molecular formula is C19H30O5. The van der Waals surface area contributed by atoms with Crippen molar-refractivity contribution in [3.63, 3.8) is 0 Å². The monoisotopic (exact) mass is 338 g/mol. The van der Waals surface area contributed by atoms with Gasteiger partial charge in [0, 0.05) is 32.6 Å². The van der Waals surface area contributed by atoms with Gasteiger partial charge >= 0.3 is 5.97 Å². The van der Waals surface area contributed by atoms with Gasteiger partial charge in [0.25, 0.3) is 0 Å². The van der Waals surface area contributed by atoms with Crippen LogP contribution in [0.4, 0.5) is 0 Å². The Hall–Kier alpha value is -1.75. The number of methoxy groups -OCH3 is 2. The van der Waals surface area contributed by atoms with Gasteiger partial charge in [-0.25, -0.2) is 0 Å². The summed E-state index contributed by atoms with van der Waals surface area (Å²) in [6.07, 6.45) is 6.75. The Kier molecular flexibility index (Phi) is 10.7. The van der Waals surface area contributed by atoms with Crippen LogP contribution in [-0.4, -0.2) is 33.4 Å². The maximum Gasteiger partial charge on any atom is 0.311 e. The molecule has 0 fully saturated rings. The van der Waals surface area contributed by atoms with Crippen LogP contribution in [0.2, 0.25) is 0 Å². The Balaban J connectivity index is 2.44. The Morgan fingerprint density at radius 2 is 1.75 bits per heavy atom. The first kappa shape index (κ1) is 20.3. The largest absolute Gasteiger partial charge is 0.493 e. The van der Waals surface area contributed by atoms with Gasteiger partial charge in [0.05, 0.1) is 13.7 Å². The summed E-state index contributed by atoms with van der Waals surface area (Å²) >= 11 is 0. The van der Waals surface area contributed by atoms with Crippen molar-refractivity contribution in [2.45, 2.75) is 51.9 Å². The second kappa shape index (κ2) is 12.6. The number of esters is 1. The van der Waals surface area contributed by atoms with Crippen molar-refractivity contribution in [3.8, 4) is 17.2 Å². The van der Waals surface area contributed by atoms with Crippen LogP contribution >= 0.6 is 0 Å². The fourth-order valence-corrected chi connectivity index (χ4v) is 2.26. The minimum atomic E-state index is -0.224. The smallest absolute Gasteiger partial charge is 0.311 e. The number of rotatable bonds is 13. The fraction of sp³-hybridized carbons (Fsp3) is 0.632. The maximum absolute atomic E-state index is 11.9. The molecule has 0 saturated carbocycles. The maximum atomic E-state index is 11.9. The highest BCUT2D eigenvalue weighted by atomic mass is 16.6. The average molecular weight is 338 g/mol. The van der Waals surface area contributed by atoms with Crippen LogP contribution in [0.3, 0.4) is 0 Å². The SMILES string of the molecule is CCCCCCCC(=O)Oc1ccc(OCCCOC)cc1OC. The molecule has 24 heavy (non-hydrogen) atoms. The Bertz CT molecular complexity index is 473. The van der Waals surface area contributed by atoms with Crippen LogP contribution in [0, 0.1) is 0 Å². The van der Waals surface area contributed by atoms with Crippen LogP contribution in [0.15, 0.2) is 18.2 Å². The van der Waals surface area contributed by atoms with E-state index < -0.39 is 0 Å². The van der Waals surface area contributed by atoms with Crippen LogP contribution in [0.25, 0.3) is 0 Å². The minimum Gasteiger partial charge on any atom is -0.493 e. The number of benzene rings is 1. The molecule has 0 aliphatic carbocycles. The van der Waals surface area contributed by atoms with Gasteiger partial charge in [-0.1, -0.05) is 32.6 Å². The predicted octanol–water partition coefficient (Wildman–Crippen LogP) is 4.38. The molecular weight excluding hydrogens is 308 g/mol. The first-order valence-electron chi connectivity index (χ1n) is 8.71. The molecule has 5 heteroatoms. The number of ether oxygens (including phenoxy) is 4. The summed E-state index contributed by atoms with van der Waals surface area (Å²) in [5.41, 5.74) is 0. The van der Waals surface area contributed by atoms with Crippen LogP contribution in [0.5, 0.6) is 17.2 Å². The normalized spacial score (nSPS) is 10.5. The molecule has 1 aromatic rings. The van der Waals surface area contributed by atoms with Crippen molar-refractivity contribution in [2.75, 3.05) is 27.4 Å². The van der Waals surface area contributed by atoms with Crippen molar-refractivity contribution in [3.05, 3.63) is 18.2 Å². The molecule has 136 valence electrons. The Morgan fingerprint density at radius 1 is 0.958 bits per heavy atom. The Labute approximate surface area is 145 Å². The number of carbonyl (C=O) groups is 1. The third kappa shape index (κ3) is 8.20. The van der Waals surface area contributed by atoms with E-state index in [1.165, 1.54) is 19.3 Å². The molecule has 0 atom stereocenters. The molecule has 0 radical (unpaired) electrons. The molecule has 1 aromatic carbocycles. The number of hydrogen-bond acceptors (Lipinski definition) is 5.